The lowest BCUT2D eigenvalue weighted by atomic mass is 10.1. The summed E-state index contributed by atoms with van der Waals surface area (Å²) < 4.78 is 5.28. The number of aliphatic hydroxyl groups is 1. The summed E-state index contributed by atoms with van der Waals surface area (Å²) in [6.07, 6.45) is 2.25. The first kappa shape index (κ1) is 11.7. The highest BCUT2D eigenvalue weighted by Gasteiger charge is 2.03. The predicted octanol–water partition coefficient (Wildman–Crippen LogP) is 1.36. The highest BCUT2D eigenvalue weighted by molar-refractivity contribution is 5.52. The summed E-state index contributed by atoms with van der Waals surface area (Å²) in [6.45, 7) is 2.27. The number of aryl methyl sites for hydroxylation is 1. The number of hydrogen-bond acceptors (Lipinski definition) is 3. The van der Waals surface area contributed by atoms with Crippen LogP contribution in [0.15, 0.2) is 18.2 Å². The van der Waals surface area contributed by atoms with E-state index in [1.54, 1.807) is 0 Å². The van der Waals surface area contributed by atoms with E-state index >= 15 is 0 Å². The van der Waals surface area contributed by atoms with E-state index in [4.69, 9.17) is 9.84 Å². The SMILES string of the molecule is CCc1cc(CCO)ccc1OCC=O. The molecule has 0 spiro atoms. The third kappa shape index (κ3) is 3.36. The van der Waals surface area contributed by atoms with Crippen molar-refractivity contribution in [3.8, 4) is 5.75 Å². The normalized spacial score (nSPS) is 10.0. The number of aliphatic hydroxyl groups excluding tert-OH is 1. The van der Waals surface area contributed by atoms with Gasteiger partial charge in [-0.2, -0.15) is 0 Å². The van der Waals surface area contributed by atoms with Crippen molar-refractivity contribution in [3.05, 3.63) is 29.3 Å². The fraction of sp³-hybridized carbons (Fsp3) is 0.417. The van der Waals surface area contributed by atoms with Crippen LogP contribution in [-0.2, 0) is 17.6 Å². The van der Waals surface area contributed by atoms with Crippen LogP contribution in [0.3, 0.4) is 0 Å². The molecule has 0 aliphatic heterocycles. The molecule has 0 heterocycles. The minimum atomic E-state index is 0.0896. The highest BCUT2D eigenvalue weighted by atomic mass is 16.5. The molecule has 0 fully saturated rings. The number of hydrogen-bond donors (Lipinski definition) is 1. The summed E-state index contributed by atoms with van der Waals surface area (Å²) in [5, 5.41) is 8.82. The molecule has 0 radical (unpaired) electrons. The molecular formula is C12H16O3. The number of carbonyl (C=O) groups is 1. The second kappa shape index (κ2) is 6.19. The zero-order chi connectivity index (χ0) is 11.1. The van der Waals surface area contributed by atoms with Crippen molar-refractivity contribution in [2.24, 2.45) is 0 Å². The average Bonchev–Trinajstić information content (AvgIpc) is 2.27. The van der Waals surface area contributed by atoms with Crippen LogP contribution in [0.25, 0.3) is 0 Å². The van der Waals surface area contributed by atoms with Gasteiger partial charge in [-0.05, 0) is 30.0 Å². The quantitative estimate of drug-likeness (QED) is 0.718. The number of rotatable bonds is 6. The number of benzene rings is 1. The van der Waals surface area contributed by atoms with Gasteiger partial charge in [0.1, 0.15) is 12.4 Å². The van der Waals surface area contributed by atoms with Gasteiger partial charge in [-0.1, -0.05) is 19.1 Å². The van der Waals surface area contributed by atoms with Crippen molar-refractivity contribution in [1.29, 1.82) is 0 Å². The van der Waals surface area contributed by atoms with Crippen molar-refractivity contribution < 1.29 is 14.6 Å². The Morgan fingerprint density at radius 1 is 1.47 bits per heavy atom. The molecule has 0 saturated heterocycles. The summed E-state index contributed by atoms with van der Waals surface area (Å²) in [4.78, 5) is 10.2. The van der Waals surface area contributed by atoms with Crippen molar-refractivity contribution in [3.63, 3.8) is 0 Å². The summed E-state index contributed by atoms with van der Waals surface area (Å²) >= 11 is 0. The lowest BCUT2D eigenvalue weighted by Gasteiger charge is -2.09. The van der Waals surface area contributed by atoms with Gasteiger partial charge in [0.15, 0.2) is 6.29 Å². The molecule has 0 unspecified atom stereocenters. The molecule has 0 aliphatic carbocycles. The second-order valence-corrected chi connectivity index (χ2v) is 3.25. The maximum atomic E-state index is 10.2. The van der Waals surface area contributed by atoms with Gasteiger partial charge < -0.3 is 9.84 Å². The van der Waals surface area contributed by atoms with Crippen LogP contribution < -0.4 is 4.74 Å². The van der Waals surface area contributed by atoms with Gasteiger partial charge in [-0.15, -0.1) is 0 Å². The van der Waals surface area contributed by atoms with Crippen LogP contribution in [0.1, 0.15) is 18.1 Å². The minimum Gasteiger partial charge on any atom is -0.486 e. The molecule has 3 nitrogen and oxygen atoms in total. The maximum Gasteiger partial charge on any atom is 0.157 e. The molecule has 1 aromatic rings. The molecule has 1 aromatic carbocycles. The molecule has 0 bridgehead atoms. The van der Waals surface area contributed by atoms with E-state index in [1.807, 2.05) is 25.1 Å². The first-order valence-electron chi connectivity index (χ1n) is 5.11. The fourth-order valence-corrected chi connectivity index (χ4v) is 1.46. The Labute approximate surface area is 89.7 Å². The number of aldehydes is 1. The van der Waals surface area contributed by atoms with E-state index in [2.05, 4.69) is 0 Å². The van der Waals surface area contributed by atoms with Crippen LogP contribution in [0, 0.1) is 0 Å². The average molecular weight is 208 g/mol. The Hall–Kier alpha value is -1.35. The van der Waals surface area contributed by atoms with Gasteiger partial charge in [0, 0.05) is 6.61 Å². The van der Waals surface area contributed by atoms with Crippen molar-refractivity contribution in [2.45, 2.75) is 19.8 Å². The Bertz CT molecular complexity index is 321. The third-order valence-electron chi connectivity index (χ3n) is 2.21. The zero-order valence-corrected chi connectivity index (χ0v) is 8.90. The molecule has 0 aliphatic rings. The summed E-state index contributed by atoms with van der Waals surface area (Å²) in [5.74, 6) is 0.756. The Morgan fingerprint density at radius 2 is 2.27 bits per heavy atom. The molecule has 3 heteroatoms. The Balaban J connectivity index is 2.82. The molecule has 1 rings (SSSR count). The van der Waals surface area contributed by atoms with Crippen molar-refractivity contribution in [2.75, 3.05) is 13.2 Å². The van der Waals surface area contributed by atoms with Gasteiger partial charge in [0.2, 0.25) is 0 Å². The van der Waals surface area contributed by atoms with Gasteiger partial charge in [0.05, 0.1) is 0 Å². The van der Waals surface area contributed by atoms with E-state index < -0.39 is 0 Å². The van der Waals surface area contributed by atoms with Crippen molar-refractivity contribution >= 4 is 6.29 Å². The lowest BCUT2D eigenvalue weighted by molar-refractivity contribution is -0.109. The smallest absolute Gasteiger partial charge is 0.157 e. The molecule has 0 amide bonds. The molecule has 0 saturated carbocycles. The van der Waals surface area contributed by atoms with Crippen molar-refractivity contribution in [1.82, 2.24) is 0 Å². The van der Waals surface area contributed by atoms with Crippen LogP contribution in [0.4, 0.5) is 0 Å². The van der Waals surface area contributed by atoms with E-state index in [0.29, 0.717) is 6.42 Å². The maximum absolute atomic E-state index is 10.2. The molecule has 15 heavy (non-hydrogen) atoms. The van der Waals surface area contributed by atoms with Crippen LogP contribution >= 0.6 is 0 Å². The fourth-order valence-electron chi connectivity index (χ4n) is 1.46. The van der Waals surface area contributed by atoms with Gasteiger partial charge in [0.25, 0.3) is 0 Å². The van der Waals surface area contributed by atoms with Crippen LogP contribution in [0.5, 0.6) is 5.75 Å². The van der Waals surface area contributed by atoms with Crippen LogP contribution in [0.2, 0.25) is 0 Å². The summed E-state index contributed by atoms with van der Waals surface area (Å²) in [7, 11) is 0. The minimum absolute atomic E-state index is 0.0896. The molecular weight excluding hydrogens is 192 g/mol. The topological polar surface area (TPSA) is 46.5 Å². The number of ether oxygens (including phenoxy) is 1. The van der Waals surface area contributed by atoms with E-state index in [9.17, 15) is 4.79 Å². The molecule has 0 atom stereocenters. The van der Waals surface area contributed by atoms with Gasteiger partial charge in [-0.25, -0.2) is 0 Å². The first-order valence-corrected chi connectivity index (χ1v) is 5.11. The van der Waals surface area contributed by atoms with E-state index in [1.165, 1.54) is 0 Å². The summed E-state index contributed by atoms with van der Waals surface area (Å²) in [5.41, 5.74) is 2.16. The Kier molecular flexibility index (Phi) is 4.84. The Morgan fingerprint density at radius 3 is 2.87 bits per heavy atom. The third-order valence-corrected chi connectivity index (χ3v) is 2.21. The largest absolute Gasteiger partial charge is 0.486 e. The predicted molar refractivity (Wildman–Crippen MR) is 58.2 cm³/mol. The van der Waals surface area contributed by atoms with Crippen LogP contribution in [-0.4, -0.2) is 24.6 Å². The second-order valence-electron chi connectivity index (χ2n) is 3.25. The van der Waals surface area contributed by atoms with E-state index in [0.717, 1.165) is 29.6 Å². The monoisotopic (exact) mass is 208 g/mol. The van der Waals surface area contributed by atoms with E-state index in [-0.39, 0.29) is 13.2 Å². The zero-order valence-electron chi connectivity index (χ0n) is 8.90. The summed E-state index contributed by atoms with van der Waals surface area (Å²) in [6, 6.07) is 5.78. The molecule has 0 aromatic heterocycles. The standard InChI is InChI=1S/C12H16O3/c1-2-11-9-10(5-6-13)3-4-12(11)15-8-7-14/h3-4,7,9,13H,2,5-6,8H2,1H3. The molecule has 1 N–H and O–H groups in total. The van der Waals surface area contributed by atoms with Gasteiger partial charge >= 0.3 is 0 Å². The number of carbonyl (C=O) groups excluding carboxylic acids is 1. The lowest BCUT2D eigenvalue weighted by Crippen LogP contribution is -2.01. The van der Waals surface area contributed by atoms with Gasteiger partial charge in [-0.3, -0.25) is 4.79 Å². The first-order chi connectivity index (χ1) is 7.31. The highest BCUT2D eigenvalue weighted by Crippen LogP contribution is 2.20. The molecule has 82 valence electrons.